The van der Waals surface area contributed by atoms with Gasteiger partial charge in [-0.15, -0.1) is 12.4 Å². The molecule has 4 rings (SSSR count). The molecule has 0 saturated heterocycles. The van der Waals surface area contributed by atoms with Crippen molar-refractivity contribution in [1.29, 1.82) is 0 Å². The monoisotopic (exact) mass is 372 g/mol. The molecule has 4 nitrogen and oxygen atoms in total. The highest BCUT2D eigenvalue weighted by atomic mass is 35.5. The number of aromatic nitrogens is 2. The number of ether oxygens (including phenoxy) is 1. The minimum absolute atomic E-state index is 0. The summed E-state index contributed by atoms with van der Waals surface area (Å²) >= 11 is 0. The molecule has 1 aliphatic rings. The van der Waals surface area contributed by atoms with E-state index in [1.54, 1.807) is 0 Å². The van der Waals surface area contributed by atoms with Gasteiger partial charge in [0, 0.05) is 5.92 Å². The van der Waals surface area contributed by atoms with Gasteiger partial charge in [-0.3, -0.25) is 0 Å². The molecule has 1 aromatic heterocycles. The summed E-state index contributed by atoms with van der Waals surface area (Å²) in [5, 5.41) is 10.5. The number of nitrogens with zero attached hydrogens (tertiary/aromatic N) is 2. The normalized spacial score (nSPS) is 15.7. The molecule has 1 aliphatic carbocycles. The third kappa shape index (κ3) is 4.02. The van der Waals surface area contributed by atoms with Gasteiger partial charge in [0.2, 0.25) is 0 Å². The van der Waals surface area contributed by atoms with E-state index in [1.165, 1.54) is 25.7 Å². The lowest BCUT2D eigenvalue weighted by molar-refractivity contribution is 0.0924. The van der Waals surface area contributed by atoms with Gasteiger partial charge in [0.25, 0.3) is 0 Å². The number of halogens is 1. The van der Waals surface area contributed by atoms with Crippen LogP contribution in [0.15, 0.2) is 54.6 Å². The van der Waals surface area contributed by atoms with E-state index < -0.39 is 6.10 Å². The van der Waals surface area contributed by atoms with Crippen molar-refractivity contribution in [2.24, 2.45) is 0 Å². The van der Waals surface area contributed by atoms with Gasteiger partial charge in [-0.1, -0.05) is 43.2 Å². The Morgan fingerprint density at radius 1 is 1.04 bits per heavy atom. The van der Waals surface area contributed by atoms with Crippen LogP contribution in [-0.4, -0.2) is 27.4 Å². The highest BCUT2D eigenvalue weighted by Gasteiger charge is 2.24. The van der Waals surface area contributed by atoms with E-state index in [-0.39, 0.29) is 19.0 Å². The maximum Gasteiger partial charge on any atom is 0.119 e. The van der Waals surface area contributed by atoms with Crippen LogP contribution in [0.1, 0.15) is 37.4 Å². The quantitative estimate of drug-likeness (QED) is 0.690. The number of benzene rings is 2. The number of aliphatic hydroxyl groups is 1. The first kappa shape index (κ1) is 18.7. The van der Waals surface area contributed by atoms with E-state index in [9.17, 15) is 5.11 Å². The Kier molecular flexibility index (Phi) is 6.17. The molecule has 0 amide bonds. The zero-order chi connectivity index (χ0) is 17.1. The summed E-state index contributed by atoms with van der Waals surface area (Å²) in [5.41, 5.74) is 2.11. The number of para-hydroxylation sites is 3. The lowest BCUT2D eigenvalue weighted by atomic mass is 10.1. The fraction of sp³-hybridized carbons (Fsp3) is 0.381. The van der Waals surface area contributed by atoms with Crippen LogP contribution in [0.4, 0.5) is 0 Å². The zero-order valence-electron chi connectivity index (χ0n) is 14.8. The summed E-state index contributed by atoms with van der Waals surface area (Å²) in [6.45, 7) is 0.791. The summed E-state index contributed by atoms with van der Waals surface area (Å²) in [7, 11) is 0. The zero-order valence-corrected chi connectivity index (χ0v) is 15.6. The van der Waals surface area contributed by atoms with Crippen LogP contribution in [0.3, 0.4) is 0 Å². The largest absolute Gasteiger partial charge is 0.491 e. The third-order valence-electron chi connectivity index (χ3n) is 4.98. The van der Waals surface area contributed by atoms with Gasteiger partial charge in [0.1, 0.15) is 24.3 Å². The Morgan fingerprint density at radius 3 is 2.50 bits per heavy atom. The van der Waals surface area contributed by atoms with Gasteiger partial charge in [-0.25, -0.2) is 4.98 Å². The topological polar surface area (TPSA) is 47.3 Å². The van der Waals surface area contributed by atoms with Crippen LogP contribution < -0.4 is 4.74 Å². The van der Waals surface area contributed by atoms with Crippen molar-refractivity contribution < 1.29 is 9.84 Å². The number of hydrogen-bond acceptors (Lipinski definition) is 3. The summed E-state index contributed by atoms with van der Waals surface area (Å²) in [4.78, 5) is 4.88. The second-order valence-corrected chi connectivity index (χ2v) is 6.83. The van der Waals surface area contributed by atoms with Crippen molar-refractivity contribution in [3.05, 3.63) is 60.4 Å². The van der Waals surface area contributed by atoms with Crippen LogP contribution in [0.2, 0.25) is 0 Å². The highest BCUT2D eigenvalue weighted by molar-refractivity contribution is 5.85. The number of fused-ring (bicyclic) bond motifs is 1. The van der Waals surface area contributed by atoms with Gasteiger partial charge in [0.15, 0.2) is 0 Å². The van der Waals surface area contributed by atoms with Gasteiger partial charge in [-0.2, -0.15) is 0 Å². The minimum atomic E-state index is -0.571. The molecule has 1 saturated carbocycles. The second kappa shape index (κ2) is 8.56. The van der Waals surface area contributed by atoms with Crippen molar-refractivity contribution in [1.82, 2.24) is 9.55 Å². The first-order valence-electron chi connectivity index (χ1n) is 9.12. The standard InChI is InChI=1S/C21H24N2O2.ClH/c24-17(15-25-18-10-2-1-3-11-18)14-23-20-13-7-6-12-19(20)22-21(23)16-8-4-5-9-16;/h1-3,6-7,10-13,16-17,24H,4-5,8-9,14-15H2;1H. The molecular weight excluding hydrogens is 348 g/mol. The van der Waals surface area contributed by atoms with Crippen LogP contribution >= 0.6 is 12.4 Å². The molecule has 0 aliphatic heterocycles. The summed E-state index contributed by atoms with van der Waals surface area (Å²) in [5.74, 6) is 2.42. The molecule has 1 heterocycles. The highest BCUT2D eigenvalue weighted by Crippen LogP contribution is 2.35. The third-order valence-corrected chi connectivity index (χ3v) is 4.98. The van der Waals surface area contributed by atoms with Crippen molar-refractivity contribution in [2.75, 3.05) is 6.61 Å². The molecule has 1 N–H and O–H groups in total. The van der Waals surface area contributed by atoms with E-state index >= 15 is 0 Å². The van der Waals surface area contributed by atoms with Gasteiger partial charge in [0.05, 0.1) is 17.6 Å². The predicted molar refractivity (Wildman–Crippen MR) is 106 cm³/mol. The smallest absolute Gasteiger partial charge is 0.119 e. The molecule has 0 bridgehead atoms. The molecule has 0 spiro atoms. The average molecular weight is 373 g/mol. The fourth-order valence-electron chi connectivity index (χ4n) is 3.75. The molecule has 26 heavy (non-hydrogen) atoms. The molecule has 1 fully saturated rings. The predicted octanol–water partition coefficient (Wildman–Crippen LogP) is 4.56. The Hall–Kier alpha value is -2.04. The Morgan fingerprint density at radius 2 is 1.73 bits per heavy atom. The SMILES string of the molecule is Cl.OC(COc1ccccc1)Cn1c(C2CCCC2)nc2ccccc21. The molecular formula is C21H25ClN2O2. The summed E-state index contributed by atoms with van der Waals surface area (Å²) in [6, 6.07) is 17.8. The molecule has 5 heteroatoms. The van der Waals surface area contributed by atoms with Crippen LogP contribution in [0.25, 0.3) is 11.0 Å². The lowest BCUT2D eigenvalue weighted by Crippen LogP contribution is -2.25. The van der Waals surface area contributed by atoms with E-state index in [0.717, 1.165) is 22.6 Å². The molecule has 0 radical (unpaired) electrons. The van der Waals surface area contributed by atoms with Gasteiger partial charge >= 0.3 is 0 Å². The van der Waals surface area contributed by atoms with E-state index in [4.69, 9.17) is 9.72 Å². The molecule has 138 valence electrons. The first-order valence-corrected chi connectivity index (χ1v) is 9.12. The maximum absolute atomic E-state index is 10.5. The Labute approximate surface area is 160 Å². The summed E-state index contributed by atoms with van der Waals surface area (Å²) in [6.07, 6.45) is 4.36. The molecule has 2 aromatic carbocycles. The number of imidazole rings is 1. The number of hydrogen-bond donors (Lipinski definition) is 1. The van der Waals surface area contributed by atoms with Crippen LogP contribution in [0.5, 0.6) is 5.75 Å². The Balaban J connectivity index is 0.00000196. The molecule has 1 unspecified atom stereocenters. The van der Waals surface area contributed by atoms with Crippen molar-refractivity contribution in [3.8, 4) is 5.75 Å². The summed E-state index contributed by atoms with van der Waals surface area (Å²) < 4.78 is 7.91. The first-order chi connectivity index (χ1) is 12.3. The van der Waals surface area contributed by atoms with Crippen molar-refractivity contribution in [3.63, 3.8) is 0 Å². The van der Waals surface area contributed by atoms with Gasteiger partial charge < -0.3 is 14.4 Å². The minimum Gasteiger partial charge on any atom is -0.491 e. The van der Waals surface area contributed by atoms with E-state index in [1.807, 2.05) is 42.5 Å². The van der Waals surface area contributed by atoms with E-state index in [0.29, 0.717) is 12.5 Å². The van der Waals surface area contributed by atoms with Crippen LogP contribution in [0, 0.1) is 0 Å². The fourth-order valence-corrected chi connectivity index (χ4v) is 3.75. The lowest BCUT2D eigenvalue weighted by Gasteiger charge is -2.18. The second-order valence-electron chi connectivity index (χ2n) is 6.83. The molecule has 3 aromatic rings. The molecule has 1 atom stereocenters. The Bertz CT molecular complexity index is 828. The maximum atomic E-state index is 10.5. The van der Waals surface area contributed by atoms with Crippen molar-refractivity contribution >= 4 is 23.4 Å². The van der Waals surface area contributed by atoms with Gasteiger partial charge in [-0.05, 0) is 37.1 Å². The number of rotatable bonds is 6. The van der Waals surface area contributed by atoms with Crippen molar-refractivity contribution in [2.45, 2.75) is 44.2 Å². The average Bonchev–Trinajstić information content (AvgIpc) is 3.29. The number of aliphatic hydroxyl groups excluding tert-OH is 1. The van der Waals surface area contributed by atoms with Crippen LogP contribution in [-0.2, 0) is 6.54 Å². The van der Waals surface area contributed by atoms with E-state index in [2.05, 4.69) is 16.7 Å².